The summed E-state index contributed by atoms with van der Waals surface area (Å²) in [7, 11) is -3.45. The number of anilines is 1. The molecule has 1 aliphatic carbocycles. The van der Waals surface area contributed by atoms with Crippen LogP contribution < -0.4 is 4.90 Å². The number of fused-ring (bicyclic) bond motifs is 1. The average molecular weight is 365 g/mol. The molecule has 138 valence electrons. The van der Waals surface area contributed by atoms with Crippen LogP contribution >= 0.6 is 0 Å². The van der Waals surface area contributed by atoms with Crippen molar-refractivity contribution in [3.05, 3.63) is 23.8 Å². The topological polar surface area (TPSA) is 57.7 Å². The van der Waals surface area contributed by atoms with Gasteiger partial charge in [-0.25, -0.2) is 8.42 Å². The van der Waals surface area contributed by atoms with E-state index in [1.54, 1.807) is 12.1 Å². The van der Waals surface area contributed by atoms with Crippen molar-refractivity contribution in [2.75, 3.05) is 24.5 Å². The molecule has 1 aromatic carbocycles. The van der Waals surface area contributed by atoms with Gasteiger partial charge in [0.15, 0.2) is 0 Å². The van der Waals surface area contributed by atoms with Crippen LogP contribution in [0.1, 0.15) is 51.5 Å². The van der Waals surface area contributed by atoms with Crippen LogP contribution in [0.5, 0.6) is 0 Å². The first-order valence-corrected chi connectivity index (χ1v) is 10.9. The third kappa shape index (κ3) is 3.47. The molecule has 1 amide bonds. The molecule has 1 aromatic rings. The van der Waals surface area contributed by atoms with Crippen molar-refractivity contribution in [1.29, 1.82) is 0 Å². The molecular formula is C19H28N2O3S. The van der Waals surface area contributed by atoms with Crippen molar-refractivity contribution in [3.63, 3.8) is 0 Å². The van der Waals surface area contributed by atoms with Crippen molar-refractivity contribution in [1.82, 2.24) is 4.31 Å². The lowest BCUT2D eigenvalue weighted by molar-refractivity contribution is -0.123. The Morgan fingerprint density at radius 1 is 1.16 bits per heavy atom. The van der Waals surface area contributed by atoms with E-state index in [9.17, 15) is 13.2 Å². The summed E-state index contributed by atoms with van der Waals surface area (Å²) in [4.78, 5) is 15.1. The van der Waals surface area contributed by atoms with Crippen molar-refractivity contribution in [3.8, 4) is 0 Å². The van der Waals surface area contributed by atoms with Crippen LogP contribution in [0.4, 0.5) is 5.69 Å². The fraction of sp³-hybridized carbons (Fsp3) is 0.632. The number of amides is 1. The Hall–Kier alpha value is -1.40. The average Bonchev–Trinajstić information content (AvgIpc) is 3.06. The summed E-state index contributed by atoms with van der Waals surface area (Å²) in [5, 5.41) is 0. The highest BCUT2D eigenvalue weighted by Gasteiger charge is 2.32. The molecule has 1 saturated carbocycles. The summed E-state index contributed by atoms with van der Waals surface area (Å²) < 4.78 is 26.9. The first kappa shape index (κ1) is 18.4. The van der Waals surface area contributed by atoms with Crippen molar-refractivity contribution >= 4 is 21.6 Å². The van der Waals surface area contributed by atoms with E-state index >= 15 is 0 Å². The van der Waals surface area contributed by atoms with Crippen LogP contribution in [0.15, 0.2) is 23.1 Å². The minimum absolute atomic E-state index is 0.138. The molecule has 1 aliphatic heterocycles. The first-order valence-electron chi connectivity index (χ1n) is 9.43. The second kappa shape index (κ2) is 7.46. The number of hydrogen-bond donors (Lipinski definition) is 0. The number of hydrogen-bond acceptors (Lipinski definition) is 3. The molecule has 0 aromatic heterocycles. The molecule has 0 unspecified atom stereocenters. The molecule has 0 atom stereocenters. The minimum Gasteiger partial charge on any atom is -0.312 e. The summed E-state index contributed by atoms with van der Waals surface area (Å²) in [5.74, 6) is 0.358. The van der Waals surface area contributed by atoms with Gasteiger partial charge >= 0.3 is 0 Å². The lowest BCUT2D eigenvalue weighted by Gasteiger charge is -2.26. The van der Waals surface area contributed by atoms with Gasteiger partial charge in [0.1, 0.15) is 0 Å². The van der Waals surface area contributed by atoms with Crippen LogP contribution in [-0.4, -0.2) is 38.3 Å². The molecule has 0 bridgehead atoms. The van der Waals surface area contributed by atoms with E-state index in [0.29, 0.717) is 24.5 Å². The summed E-state index contributed by atoms with van der Waals surface area (Å²) in [6, 6.07) is 5.23. The third-order valence-corrected chi connectivity index (χ3v) is 7.56. The molecule has 5 nitrogen and oxygen atoms in total. The minimum atomic E-state index is -3.45. The lowest BCUT2D eigenvalue weighted by atomic mass is 9.88. The molecule has 0 spiro atoms. The third-order valence-electron chi connectivity index (χ3n) is 5.51. The van der Waals surface area contributed by atoms with Crippen LogP contribution in [0.3, 0.4) is 0 Å². The normalized spacial score (nSPS) is 18.6. The molecular weight excluding hydrogens is 336 g/mol. The van der Waals surface area contributed by atoms with E-state index in [1.165, 1.54) is 10.7 Å². The Labute approximate surface area is 151 Å². The van der Waals surface area contributed by atoms with Gasteiger partial charge in [0.2, 0.25) is 15.9 Å². The number of rotatable bonds is 5. The lowest BCUT2D eigenvalue weighted by Crippen LogP contribution is -2.35. The highest BCUT2D eigenvalue weighted by atomic mass is 32.2. The largest absolute Gasteiger partial charge is 0.312 e. The van der Waals surface area contributed by atoms with Crippen LogP contribution in [-0.2, 0) is 21.2 Å². The van der Waals surface area contributed by atoms with Gasteiger partial charge in [0, 0.05) is 31.2 Å². The van der Waals surface area contributed by atoms with Gasteiger partial charge in [0.05, 0.1) is 4.90 Å². The van der Waals surface area contributed by atoms with E-state index < -0.39 is 10.0 Å². The smallest absolute Gasteiger partial charge is 0.243 e. The quantitative estimate of drug-likeness (QED) is 0.806. The SMILES string of the molecule is CCN(CC)S(=O)(=O)c1ccc2c(c1)CCN2C(=O)C1CCCCC1. The monoisotopic (exact) mass is 364 g/mol. The molecule has 0 saturated heterocycles. The molecule has 25 heavy (non-hydrogen) atoms. The van der Waals surface area contributed by atoms with Gasteiger partial charge in [-0.3, -0.25) is 4.79 Å². The van der Waals surface area contributed by atoms with E-state index in [4.69, 9.17) is 0 Å². The Morgan fingerprint density at radius 3 is 2.48 bits per heavy atom. The Morgan fingerprint density at radius 2 is 1.84 bits per heavy atom. The molecule has 1 heterocycles. The summed E-state index contributed by atoms with van der Waals surface area (Å²) in [6.07, 6.45) is 6.21. The molecule has 1 fully saturated rings. The maximum absolute atomic E-state index is 12.8. The Bertz CT molecular complexity index is 735. The molecule has 6 heteroatoms. The Balaban J connectivity index is 1.84. The number of carbonyl (C=O) groups excluding carboxylic acids is 1. The predicted molar refractivity (Wildman–Crippen MR) is 99.2 cm³/mol. The zero-order chi connectivity index (χ0) is 18.0. The van der Waals surface area contributed by atoms with E-state index in [-0.39, 0.29) is 11.8 Å². The van der Waals surface area contributed by atoms with E-state index in [2.05, 4.69) is 0 Å². The second-order valence-corrected chi connectivity index (χ2v) is 8.89. The van der Waals surface area contributed by atoms with Crippen LogP contribution in [0.2, 0.25) is 0 Å². The van der Waals surface area contributed by atoms with Gasteiger partial charge < -0.3 is 4.90 Å². The van der Waals surface area contributed by atoms with Gasteiger partial charge in [-0.1, -0.05) is 33.1 Å². The summed E-state index contributed by atoms with van der Waals surface area (Å²) >= 11 is 0. The number of benzene rings is 1. The van der Waals surface area contributed by atoms with Gasteiger partial charge in [-0.05, 0) is 43.0 Å². The van der Waals surface area contributed by atoms with Gasteiger partial charge in [0.25, 0.3) is 0 Å². The highest BCUT2D eigenvalue weighted by Crippen LogP contribution is 2.34. The number of nitrogens with zero attached hydrogens (tertiary/aromatic N) is 2. The molecule has 0 N–H and O–H groups in total. The molecule has 2 aliphatic rings. The number of carbonyl (C=O) groups is 1. The zero-order valence-corrected chi connectivity index (χ0v) is 16.0. The maximum Gasteiger partial charge on any atom is 0.243 e. The fourth-order valence-corrected chi connectivity index (χ4v) is 5.56. The van der Waals surface area contributed by atoms with E-state index in [0.717, 1.165) is 43.4 Å². The van der Waals surface area contributed by atoms with Crippen molar-refractivity contribution in [2.45, 2.75) is 57.3 Å². The number of sulfonamides is 1. The van der Waals surface area contributed by atoms with Crippen LogP contribution in [0.25, 0.3) is 0 Å². The highest BCUT2D eigenvalue weighted by molar-refractivity contribution is 7.89. The summed E-state index contributed by atoms with van der Waals surface area (Å²) in [5.41, 5.74) is 1.87. The fourth-order valence-electron chi connectivity index (χ4n) is 4.05. The van der Waals surface area contributed by atoms with Gasteiger partial charge in [-0.15, -0.1) is 0 Å². The Kier molecular flexibility index (Phi) is 5.49. The van der Waals surface area contributed by atoms with Gasteiger partial charge in [-0.2, -0.15) is 4.31 Å². The second-order valence-electron chi connectivity index (χ2n) is 6.95. The first-order chi connectivity index (χ1) is 12.0. The van der Waals surface area contributed by atoms with Crippen molar-refractivity contribution in [2.24, 2.45) is 5.92 Å². The predicted octanol–water partition coefficient (Wildman–Crippen LogP) is 3.19. The molecule has 3 rings (SSSR count). The molecule has 0 radical (unpaired) electrons. The standard InChI is InChI=1S/C19H28N2O3S/c1-3-20(4-2)25(23,24)17-10-11-18-16(14-17)12-13-21(18)19(22)15-8-6-5-7-9-15/h10-11,14-15H,3-9,12-13H2,1-2H3. The zero-order valence-electron chi connectivity index (χ0n) is 15.2. The van der Waals surface area contributed by atoms with Crippen LogP contribution in [0, 0.1) is 5.92 Å². The maximum atomic E-state index is 12.8. The summed E-state index contributed by atoms with van der Waals surface area (Å²) in [6.45, 7) is 5.28. The van der Waals surface area contributed by atoms with Crippen molar-refractivity contribution < 1.29 is 13.2 Å². The van der Waals surface area contributed by atoms with E-state index in [1.807, 2.05) is 24.8 Å².